The van der Waals surface area contributed by atoms with Crippen molar-refractivity contribution in [2.24, 2.45) is 0 Å². The van der Waals surface area contributed by atoms with Gasteiger partial charge in [0.05, 0.1) is 5.69 Å². The van der Waals surface area contributed by atoms with Crippen LogP contribution in [-0.2, 0) is 17.7 Å². The number of rotatable bonds is 7. The number of amides is 1. The molecule has 0 spiro atoms. The van der Waals surface area contributed by atoms with Gasteiger partial charge in [0.1, 0.15) is 29.4 Å². The first-order valence-corrected chi connectivity index (χ1v) is 12.8. The number of carbonyl (C=O) groups is 1. The predicted molar refractivity (Wildman–Crippen MR) is 140 cm³/mol. The number of hydrogen-bond donors (Lipinski definition) is 1. The molecule has 188 valence electrons. The number of fused-ring (bicyclic) bond motifs is 1. The summed E-state index contributed by atoms with van der Waals surface area (Å²) in [6.07, 6.45) is 9.31. The van der Waals surface area contributed by atoms with Gasteiger partial charge in [-0.15, -0.1) is 0 Å². The summed E-state index contributed by atoms with van der Waals surface area (Å²) in [5.74, 6) is 0.679. The highest BCUT2D eigenvalue weighted by molar-refractivity contribution is 5.94. The first kappa shape index (κ1) is 24.1. The standard InChI is InChI=1S/C29H33FN4O2/c1-3-26-28(34-17-12-20(2)18-27(34)32-26)29(35)31-19-21-4-8-23(9-5-21)33-15-13-25(14-16-33)36-24-10-6-22(30)7-11-24/h4-6,8-12,17-18,22,25H,3,7,13-16,19H2,1-2H3,(H,31,35). The van der Waals surface area contributed by atoms with Crippen LogP contribution in [0.4, 0.5) is 10.1 Å². The number of nitrogens with one attached hydrogen (secondary N) is 1. The van der Waals surface area contributed by atoms with Crippen molar-refractivity contribution in [1.29, 1.82) is 0 Å². The van der Waals surface area contributed by atoms with Crippen LogP contribution in [0.25, 0.3) is 5.65 Å². The Morgan fingerprint density at radius 3 is 2.67 bits per heavy atom. The second-order valence-electron chi connectivity index (χ2n) is 9.56. The number of imidazole rings is 1. The number of allylic oxidation sites excluding steroid dienone is 3. The lowest BCUT2D eigenvalue weighted by Gasteiger charge is -2.34. The third-order valence-electron chi connectivity index (χ3n) is 6.92. The molecule has 1 aliphatic heterocycles. The molecule has 2 aromatic heterocycles. The molecule has 1 unspecified atom stereocenters. The molecular formula is C29H33FN4O2. The quantitative estimate of drug-likeness (QED) is 0.490. The van der Waals surface area contributed by atoms with E-state index >= 15 is 0 Å². The molecule has 36 heavy (non-hydrogen) atoms. The lowest BCUT2D eigenvalue weighted by molar-refractivity contribution is 0.0944. The van der Waals surface area contributed by atoms with Crippen molar-refractivity contribution < 1.29 is 13.9 Å². The molecule has 0 saturated carbocycles. The Morgan fingerprint density at radius 2 is 1.97 bits per heavy atom. The van der Waals surface area contributed by atoms with Gasteiger partial charge in [0.15, 0.2) is 0 Å². The maximum atomic E-state index is 13.2. The Kier molecular flexibility index (Phi) is 7.07. The molecule has 1 amide bonds. The number of anilines is 1. The van der Waals surface area contributed by atoms with Gasteiger partial charge in [-0.25, -0.2) is 9.37 Å². The molecule has 1 aliphatic carbocycles. The van der Waals surface area contributed by atoms with Gasteiger partial charge in [-0.2, -0.15) is 0 Å². The van der Waals surface area contributed by atoms with Crippen LogP contribution in [0, 0.1) is 6.92 Å². The highest BCUT2D eigenvalue weighted by Gasteiger charge is 2.22. The Bertz CT molecular complexity index is 1290. The Morgan fingerprint density at radius 1 is 1.19 bits per heavy atom. The van der Waals surface area contributed by atoms with Crippen molar-refractivity contribution in [2.45, 2.75) is 58.4 Å². The molecule has 7 heteroatoms. The van der Waals surface area contributed by atoms with Crippen LogP contribution in [-0.4, -0.2) is 40.7 Å². The lowest BCUT2D eigenvalue weighted by atomic mass is 10.1. The van der Waals surface area contributed by atoms with Crippen molar-refractivity contribution in [3.63, 3.8) is 0 Å². The molecule has 1 N–H and O–H groups in total. The number of alkyl halides is 1. The topological polar surface area (TPSA) is 58.9 Å². The summed E-state index contributed by atoms with van der Waals surface area (Å²) < 4.78 is 21.2. The van der Waals surface area contributed by atoms with Gasteiger partial charge < -0.3 is 15.0 Å². The molecule has 1 aromatic carbocycles. The maximum Gasteiger partial charge on any atom is 0.270 e. The van der Waals surface area contributed by atoms with Crippen molar-refractivity contribution >= 4 is 17.2 Å². The number of pyridine rings is 1. The van der Waals surface area contributed by atoms with Crippen molar-refractivity contribution in [2.75, 3.05) is 18.0 Å². The number of piperidine rings is 1. The van der Waals surface area contributed by atoms with E-state index in [9.17, 15) is 9.18 Å². The van der Waals surface area contributed by atoms with E-state index in [1.54, 1.807) is 12.2 Å². The molecule has 6 nitrogen and oxygen atoms in total. The molecule has 1 fully saturated rings. The zero-order valence-electron chi connectivity index (χ0n) is 20.9. The van der Waals surface area contributed by atoms with Crippen LogP contribution in [0.5, 0.6) is 0 Å². The molecule has 3 aromatic rings. The number of benzene rings is 1. The second kappa shape index (κ2) is 10.6. The summed E-state index contributed by atoms with van der Waals surface area (Å²) in [5.41, 5.74) is 5.56. The van der Waals surface area contributed by atoms with E-state index in [2.05, 4.69) is 39.5 Å². The largest absolute Gasteiger partial charge is 0.491 e. The van der Waals surface area contributed by atoms with Crippen LogP contribution in [0.3, 0.4) is 0 Å². The summed E-state index contributed by atoms with van der Waals surface area (Å²) in [4.78, 5) is 20.0. The molecule has 1 saturated heterocycles. The van der Waals surface area contributed by atoms with E-state index in [0.29, 0.717) is 25.1 Å². The molecule has 3 heterocycles. The van der Waals surface area contributed by atoms with Gasteiger partial charge in [-0.1, -0.05) is 19.1 Å². The summed E-state index contributed by atoms with van der Waals surface area (Å²) in [5, 5.41) is 3.06. The van der Waals surface area contributed by atoms with E-state index in [1.165, 1.54) is 5.69 Å². The fourth-order valence-electron chi connectivity index (χ4n) is 4.86. The number of aryl methyl sites for hydroxylation is 2. The number of hydrogen-bond acceptors (Lipinski definition) is 4. The average Bonchev–Trinajstić information content (AvgIpc) is 3.27. The van der Waals surface area contributed by atoms with Crippen LogP contribution in [0.2, 0.25) is 0 Å². The van der Waals surface area contributed by atoms with Crippen molar-refractivity contribution in [1.82, 2.24) is 14.7 Å². The number of carbonyl (C=O) groups excluding carboxylic acids is 1. The summed E-state index contributed by atoms with van der Waals surface area (Å²) in [6.45, 7) is 6.33. The first-order valence-electron chi connectivity index (χ1n) is 12.8. The van der Waals surface area contributed by atoms with Crippen molar-refractivity contribution in [3.8, 4) is 0 Å². The van der Waals surface area contributed by atoms with E-state index in [-0.39, 0.29) is 12.0 Å². The number of ether oxygens (including phenoxy) is 1. The molecule has 2 aliphatic rings. The minimum Gasteiger partial charge on any atom is -0.491 e. The van der Waals surface area contributed by atoms with Crippen LogP contribution in [0.15, 0.2) is 66.6 Å². The highest BCUT2D eigenvalue weighted by Crippen LogP contribution is 2.25. The van der Waals surface area contributed by atoms with Gasteiger partial charge in [0, 0.05) is 50.8 Å². The van der Waals surface area contributed by atoms with Gasteiger partial charge in [-0.05, 0) is 67.0 Å². The van der Waals surface area contributed by atoms with Gasteiger partial charge >= 0.3 is 0 Å². The maximum absolute atomic E-state index is 13.2. The smallest absolute Gasteiger partial charge is 0.270 e. The van der Waals surface area contributed by atoms with E-state index in [4.69, 9.17) is 4.74 Å². The number of halogens is 1. The van der Waals surface area contributed by atoms with E-state index < -0.39 is 6.17 Å². The molecule has 5 rings (SSSR count). The third-order valence-corrected chi connectivity index (χ3v) is 6.92. The zero-order valence-corrected chi connectivity index (χ0v) is 20.9. The molecule has 0 bridgehead atoms. The molecule has 1 atom stereocenters. The van der Waals surface area contributed by atoms with E-state index in [0.717, 1.165) is 54.2 Å². The second-order valence-corrected chi connectivity index (χ2v) is 9.56. The Balaban J connectivity index is 1.15. The van der Waals surface area contributed by atoms with Gasteiger partial charge in [0.2, 0.25) is 0 Å². The first-order chi connectivity index (χ1) is 17.5. The number of nitrogens with zero attached hydrogens (tertiary/aromatic N) is 3. The van der Waals surface area contributed by atoms with E-state index in [1.807, 2.05) is 42.7 Å². The monoisotopic (exact) mass is 488 g/mol. The van der Waals surface area contributed by atoms with Gasteiger partial charge in [-0.3, -0.25) is 9.20 Å². The summed E-state index contributed by atoms with van der Waals surface area (Å²) in [7, 11) is 0. The Hall–Kier alpha value is -3.61. The Labute approximate surface area is 211 Å². The normalized spacial score (nSPS) is 18.4. The summed E-state index contributed by atoms with van der Waals surface area (Å²) >= 11 is 0. The van der Waals surface area contributed by atoms with Crippen LogP contribution < -0.4 is 10.2 Å². The third kappa shape index (κ3) is 5.30. The predicted octanol–water partition coefficient (Wildman–Crippen LogP) is 5.30. The lowest BCUT2D eigenvalue weighted by Crippen LogP contribution is -2.37. The zero-order chi connectivity index (χ0) is 25.1. The average molecular weight is 489 g/mol. The highest BCUT2D eigenvalue weighted by atomic mass is 19.1. The molecular weight excluding hydrogens is 455 g/mol. The fourth-order valence-corrected chi connectivity index (χ4v) is 4.86. The van der Waals surface area contributed by atoms with Gasteiger partial charge in [0.25, 0.3) is 5.91 Å². The SMILES string of the molecule is CCc1nc2cc(C)ccn2c1C(=O)NCc1ccc(N2CCC(OC3=CCC(F)C=C3)CC2)cc1. The minimum absolute atomic E-state index is 0.112. The van der Waals surface area contributed by atoms with Crippen LogP contribution >= 0.6 is 0 Å². The minimum atomic E-state index is -0.889. The van der Waals surface area contributed by atoms with Crippen LogP contribution in [0.1, 0.15) is 53.5 Å². The van der Waals surface area contributed by atoms with Crippen molar-refractivity contribution in [3.05, 3.63) is 89.1 Å². The summed E-state index contributed by atoms with van der Waals surface area (Å²) in [6, 6.07) is 12.4. The molecule has 0 radical (unpaired) electrons. The fraction of sp³-hybridized carbons (Fsp3) is 0.379. The number of aromatic nitrogens is 2.